The number of nitrogens with one attached hydrogen (secondary N) is 1. The van der Waals surface area contributed by atoms with E-state index in [9.17, 15) is 15.0 Å². The van der Waals surface area contributed by atoms with E-state index in [4.69, 9.17) is 4.74 Å². The fourth-order valence-corrected chi connectivity index (χ4v) is 1.33. The molecule has 5 heteroatoms. The number of aliphatic hydroxyl groups is 1. The molecule has 0 aliphatic heterocycles. The lowest BCUT2D eigenvalue weighted by molar-refractivity contribution is -0.00298. The molecule has 1 aromatic carbocycles. The Balaban J connectivity index is 2.97. The number of benzene rings is 1. The Morgan fingerprint density at radius 1 is 1.26 bits per heavy atom. The summed E-state index contributed by atoms with van der Waals surface area (Å²) < 4.78 is 4.95. The molecule has 0 unspecified atom stereocenters. The van der Waals surface area contributed by atoms with Crippen LogP contribution in [0.3, 0.4) is 0 Å². The molecule has 19 heavy (non-hydrogen) atoms. The maximum atomic E-state index is 12.1. The fraction of sp³-hybridized carbons (Fsp3) is 0.500. The monoisotopic (exact) mass is 267 g/mol. The summed E-state index contributed by atoms with van der Waals surface area (Å²) in [4.78, 5) is 12.1. The topological polar surface area (TPSA) is 78.8 Å². The number of carbonyl (C=O) groups is 1. The lowest BCUT2D eigenvalue weighted by atomic mass is 9.85. The Hall–Kier alpha value is -1.75. The van der Waals surface area contributed by atoms with Gasteiger partial charge in [0.25, 0.3) is 5.91 Å². The highest BCUT2D eigenvalue weighted by atomic mass is 16.5. The quantitative estimate of drug-likeness (QED) is 0.775. The van der Waals surface area contributed by atoms with Gasteiger partial charge < -0.3 is 20.3 Å². The van der Waals surface area contributed by atoms with Crippen molar-refractivity contribution >= 4 is 5.91 Å². The van der Waals surface area contributed by atoms with Crippen LogP contribution in [0.25, 0.3) is 0 Å². The van der Waals surface area contributed by atoms with Crippen molar-refractivity contribution < 1.29 is 19.7 Å². The number of amides is 1. The van der Waals surface area contributed by atoms with Crippen LogP contribution in [0.15, 0.2) is 18.2 Å². The molecule has 1 aromatic rings. The van der Waals surface area contributed by atoms with Gasteiger partial charge in [-0.3, -0.25) is 4.79 Å². The molecule has 1 amide bonds. The van der Waals surface area contributed by atoms with Crippen LogP contribution in [0.4, 0.5) is 0 Å². The molecule has 0 saturated carbocycles. The number of carbonyl (C=O) groups excluding carboxylic acids is 1. The standard InChI is InChI=1S/C14H21NO4/c1-13(2,14(3,4)18)15-12(17)10-7-6-9(19-5)8-11(10)16/h6-8,16,18H,1-5H3,(H,15,17). The van der Waals surface area contributed by atoms with Crippen LogP contribution in [-0.4, -0.2) is 34.4 Å². The van der Waals surface area contributed by atoms with Crippen molar-refractivity contribution in [2.75, 3.05) is 7.11 Å². The van der Waals surface area contributed by atoms with Gasteiger partial charge in [-0.2, -0.15) is 0 Å². The molecule has 0 aliphatic carbocycles. The van der Waals surface area contributed by atoms with E-state index in [0.717, 1.165) is 0 Å². The van der Waals surface area contributed by atoms with Crippen molar-refractivity contribution in [3.8, 4) is 11.5 Å². The van der Waals surface area contributed by atoms with Gasteiger partial charge in [-0.1, -0.05) is 0 Å². The summed E-state index contributed by atoms with van der Waals surface area (Å²) in [5.74, 6) is -0.147. The Kier molecular flexibility index (Phi) is 4.10. The molecule has 0 spiro atoms. The average molecular weight is 267 g/mol. The minimum atomic E-state index is -1.09. The summed E-state index contributed by atoms with van der Waals surface area (Å²) in [6.07, 6.45) is 0. The second-order valence-electron chi connectivity index (χ2n) is 5.52. The molecule has 0 aliphatic rings. The minimum absolute atomic E-state index is 0.137. The second kappa shape index (κ2) is 5.09. The van der Waals surface area contributed by atoms with Crippen LogP contribution < -0.4 is 10.1 Å². The highest BCUT2D eigenvalue weighted by Crippen LogP contribution is 2.26. The van der Waals surface area contributed by atoms with Crippen molar-refractivity contribution in [3.05, 3.63) is 23.8 Å². The Morgan fingerprint density at radius 3 is 2.26 bits per heavy atom. The van der Waals surface area contributed by atoms with Gasteiger partial charge in [0.1, 0.15) is 11.5 Å². The van der Waals surface area contributed by atoms with E-state index in [1.54, 1.807) is 33.8 Å². The first kappa shape index (κ1) is 15.3. The van der Waals surface area contributed by atoms with E-state index in [1.807, 2.05) is 0 Å². The first-order chi connectivity index (χ1) is 8.58. The van der Waals surface area contributed by atoms with E-state index < -0.39 is 17.0 Å². The van der Waals surface area contributed by atoms with Crippen LogP contribution in [0.1, 0.15) is 38.1 Å². The van der Waals surface area contributed by atoms with E-state index in [-0.39, 0.29) is 11.3 Å². The normalized spacial score (nSPS) is 12.1. The number of methoxy groups -OCH3 is 1. The zero-order valence-electron chi connectivity index (χ0n) is 11.9. The molecular formula is C14H21NO4. The Labute approximate surface area is 113 Å². The predicted octanol–water partition coefficient (Wildman–Crippen LogP) is 1.68. The van der Waals surface area contributed by atoms with Crippen molar-refractivity contribution in [3.63, 3.8) is 0 Å². The lowest BCUT2D eigenvalue weighted by Crippen LogP contribution is -2.57. The van der Waals surface area contributed by atoms with Gasteiger partial charge in [-0.25, -0.2) is 0 Å². The van der Waals surface area contributed by atoms with Gasteiger partial charge in [0.05, 0.1) is 23.8 Å². The zero-order chi connectivity index (χ0) is 14.8. The van der Waals surface area contributed by atoms with Gasteiger partial charge >= 0.3 is 0 Å². The van der Waals surface area contributed by atoms with Gasteiger partial charge in [0.15, 0.2) is 0 Å². The highest BCUT2D eigenvalue weighted by molar-refractivity contribution is 5.97. The lowest BCUT2D eigenvalue weighted by Gasteiger charge is -2.38. The number of phenols is 1. The Morgan fingerprint density at radius 2 is 1.84 bits per heavy atom. The third-order valence-electron chi connectivity index (χ3n) is 3.41. The van der Waals surface area contributed by atoms with Gasteiger partial charge in [-0.05, 0) is 39.8 Å². The van der Waals surface area contributed by atoms with Crippen LogP contribution in [0.2, 0.25) is 0 Å². The van der Waals surface area contributed by atoms with Crippen LogP contribution in [-0.2, 0) is 0 Å². The van der Waals surface area contributed by atoms with Gasteiger partial charge in [-0.15, -0.1) is 0 Å². The average Bonchev–Trinajstić information content (AvgIpc) is 2.26. The molecule has 0 aromatic heterocycles. The van der Waals surface area contributed by atoms with Crippen LogP contribution >= 0.6 is 0 Å². The van der Waals surface area contributed by atoms with Gasteiger partial charge in [0, 0.05) is 6.07 Å². The fourth-order valence-electron chi connectivity index (χ4n) is 1.33. The molecule has 3 N–H and O–H groups in total. The largest absolute Gasteiger partial charge is 0.507 e. The van der Waals surface area contributed by atoms with Gasteiger partial charge in [0.2, 0.25) is 0 Å². The molecule has 0 saturated heterocycles. The number of rotatable bonds is 4. The summed E-state index contributed by atoms with van der Waals surface area (Å²) in [6.45, 7) is 6.65. The smallest absolute Gasteiger partial charge is 0.255 e. The van der Waals surface area contributed by atoms with Crippen molar-refractivity contribution in [1.29, 1.82) is 0 Å². The van der Waals surface area contributed by atoms with Crippen molar-refractivity contribution in [2.24, 2.45) is 0 Å². The summed E-state index contributed by atoms with van der Waals surface area (Å²) in [5.41, 5.74) is -1.79. The molecule has 5 nitrogen and oxygen atoms in total. The second-order valence-corrected chi connectivity index (χ2v) is 5.52. The maximum absolute atomic E-state index is 12.1. The van der Waals surface area contributed by atoms with E-state index in [0.29, 0.717) is 5.75 Å². The molecule has 0 bridgehead atoms. The summed E-state index contributed by atoms with van der Waals surface area (Å²) in [5, 5.41) is 22.5. The third kappa shape index (κ3) is 3.38. The van der Waals surface area contributed by atoms with Crippen molar-refractivity contribution in [1.82, 2.24) is 5.32 Å². The summed E-state index contributed by atoms with van der Waals surface area (Å²) in [6, 6.07) is 4.43. The highest BCUT2D eigenvalue weighted by Gasteiger charge is 2.36. The zero-order valence-corrected chi connectivity index (χ0v) is 11.9. The number of hydrogen-bond acceptors (Lipinski definition) is 4. The predicted molar refractivity (Wildman–Crippen MR) is 72.5 cm³/mol. The minimum Gasteiger partial charge on any atom is -0.507 e. The molecule has 0 radical (unpaired) electrons. The molecular weight excluding hydrogens is 246 g/mol. The first-order valence-corrected chi connectivity index (χ1v) is 6.00. The third-order valence-corrected chi connectivity index (χ3v) is 3.41. The molecule has 0 fully saturated rings. The molecule has 106 valence electrons. The molecule has 0 heterocycles. The van der Waals surface area contributed by atoms with E-state index >= 15 is 0 Å². The van der Waals surface area contributed by atoms with E-state index in [2.05, 4.69) is 5.32 Å². The summed E-state index contributed by atoms with van der Waals surface area (Å²) >= 11 is 0. The Bertz CT molecular complexity index is 475. The van der Waals surface area contributed by atoms with E-state index in [1.165, 1.54) is 19.2 Å². The molecule has 0 atom stereocenters. The van der Waals surface area contributed by atoms with Crippen molar-refractivity contribution in [2.45, 2.75) is 38.8 Å². The maximum Gasteiger partial charge on any atom is 0.255 e. The number of phenolic OH excluding ortho intramolecular Hbond substituents is 1. The number of aromatic hydroxyl groups is 1. The summed E-state index contributed by atoms with van der Waals surface area (Å²) in [7, 11) is 1.48. The van der Waals surface area contributed by atoms with Crippen LogP contribution in [0, 0.1) is 0 Å². The number of hydrogen-bond donors (Lipinski definition) is 3. The first-order valence-electron chi connectivity index (χ1n) is 6.00. The number of ether oxygens (including phenoxy) is 1. The SMILES string of the molecule is COc1ccc(C(=O)NC(C)(C)C(C)(C)O)c(O)c1. The molecule has 1 rings (SSSR count). The van der Waals surface area contributed by atoms with Crippen LogP contribution in [0.5, 0.6) is 11.5 Å².